The predicted molar refractivity (Wildman–Crippen MR) is 177 cm³/mol. The monoisotopic (exact) mass is 702 g/mol. The Bertz CT molecular complexity index is 2340. The average Bonchev–Trinajstić information content (AvgIpc) is 3.05. The van der Waals surface area contributed by atoms with Crippen molar-refractivity contribution in [2.24, 2.45) is 0 Å². The number of hydrogen-bond acceptors (Lipinski definition) is 12. The predicted octanol–water partition coefficient (Wildman–Crippen LogP) is 3.99. The van der Waals surface area contributed by atoms with Crippen LogP contribution in [0.2, 0.25) is 0 Å². The first-order valence-electron chi connectivity index (χ1n) is 14.9. The van der Waals surface area contributed by atoms with Gasteiger partial charge in [0.25, 0.3) is 31.9 Å². The molecule has 0 N–H and O–H groups in total. The molecule has 0 radical (unpaired) electrons. The molecule has 0 unspecified atom stereocenters. The van der Waals surface area contributed by atoms with E-state index < -0.39 is 20.8 Å². The van der Waals surface area contributed by atoms with Crippen molar-refractivity contribution in [3.63, 3.8) is 0 Å². The molecule has 0 aliphatic heterocycles. The second-order valence-electron chi connectivity index (χ2n) is 10.9. The first-order valence-corrected chi connectivity index (χ1v) is 17.5. The lowest BCUT2D eigenvalue weighted by Crippen LogP contribution is -2.24. The number of unbranched alkanes of at least 4 members (excludes halogenated alkanes) is 2. The molecule has 0 aliphatic rings. The molecule has 0 amide bonds. The van der Waals surface area contributed by atoms with E-state index in [1.165, 1.54) is 57.7 Å². The van der Waals surface area contributed by atoms with E-state index in [1.807, 2.05) is 0 Å². The molecule has 0 fully saturated rings. The minimum absolute atomic E-state index is 0.175. The van der Waals surface area contributed by atoms with E-state index in [1.54, 1.807) is 48.5 Å². The first-order chi connectivity index (χ1) is 23.4. The van der Waals surface area contributed by atoms with Crippen molar-refractivity contribution in [1.29, 1.82) is 0 Å². The van der Waals surface area contributed by atoms with Crippen LogP contribution in [0.1, 0.15) is 19.3 Å². The molecule has 2 aromatic heterocycles. The van der Waals surface area contributed by atoms with Crippen molar-refractivity contribution in [3.05, 3.63) is 118 Å². The lowest BCUT2D eigenvalue weighted by atomic mass is 10.1. The summed E-state index contributed by atoms with van der Waals surface area (Å²) in [6, 6.07) is 25.0. The molecule has 4 aromatic carbocycles. The van der Waals surface area contributed by atoms with Gasteiger partial charge in [0.1, 0.15) is 23.1 Å². The molecule has 14 nitrogen and oxygen atoms in total. The zero-order chi connectivity index (χ0) is 34.8. The highest BCUT2D eigenvalue weighted by atomic mass is 32.3. The summed E-state index contributed by atoms with van der Waals surface area (Å²) < 4.78 is 77.8. The van der Waals surface area contributed by atoms with Gasteiger partial charge in [-0.3, -0.25) is 18.7 Å². The number of aromatic nitrogens is 4. The van der Waals surface area contributed by atoms with Gasteiger partial charge < -0.3 is 17.5 Å². The third-order valence-corrected chi connectivity index (χ3v) is 8.40. The Labute approximate surface area is 279 Å². The standard InChI is InChI=1S/C33H28N4O10S2/c38-32-26-8-2-4-10-28(26)34-30(22-12-16-24(17-13-22)46-48(40,41)42)36(32)20-6-1-7-21-37-31(35-29-11-5-3-9-27(29)33(37)39)23-14-18-25(19-15-23)47-49(43,44)45/h2-5,8-19H,1,6-7,20-21H2,(H,40,41,42)(H,43,44,45)/p-2. The zero-order valence-corrected chi connectivity index (χ0v) is 27.1. The van der Waals surface area contributed by atoms with Gasteiger partial charge in [0, 0.05) is 24.2 Å². The maximum Gasteiger partial charge on any atom is 0.262 e. The molecular formula is C33H26N4O10S2-2. The van der Waals surface area contributed by atoms with E-state index in [-0.39, 0.29) is 35.7 Å². The van der Waals surface area contributed by atoms with Crippen LogP contribution in [0.25, 0.3) is 44.6 Å². The van der Waals surface area contributed by atoms with Crippen LogP contribution in [0, 0.1) is 0 Å². The van der Waals surface area contributed by atoms with Crippen molar-refractivity contribution in [2.75, 3.05) is 0 Å². The smallest absolute Gasteiger partial charge is 0.262 e. The van der Waals surface area contributed by atoms with E-state index >= 15 is 0 Å². The molecule has 0 saturated carbocycles. The quantitative estimate of drug-likeness (QED) is 0.101. The minimum atomic E-state index is -4.96. The topological polar surface area (TPSA) is 203 Å². The van der Waals surface area contributed by atoms with Crippen LogP contribution in [0.15, 0.2) is 107 Å². The Morgan fingerprint density at radius 1 is 0.531 bits per heavy atom. The molecule has 0 saturated heterocycles. The van der Waals surface area contributed by atoms with Crippen LogP contribution in [-0.2, 0) is 33.9 Å². The highest BCUT2D eigenvalue weighted by molar-refractivity contribution is 7.81. The molecular weight excluding hydrogens is 677 g/mol. The largest absolute Gasteiger partial charge is 0.716 e. The lowest BCUT2D eigenvalue weighted by molar-refractivity contribution is 0.370. The number of nitrogens with zero attached hydrogens (tertiary/aromatic N) is 4. The van der Waals surface area contributed by atoms with Crippen LogP contribution < -0.4 is 19.5 Å². The van der Waals surface area contributed by atoms with Crippen molar-refractivity contribution >= 4 is 42.6 Å². The van der Waals surface area contributed by atoms with Crippen LogP contribution in [0.5, 0.6) is 11.5 Å². The van der Waals surface area contributed by atoms with Crippen molar-refractivity contribution < 1.29 is 34.3 Å². The Hall–Kier alpha value is -5.42. The van der Waals surface area contributed by atoms with E-state index in [0.29, 0.717) is 63.8 Å². The molecule has 0 spiro atoms. The number of rotatable bonds is 12. The van der Waals surface area contributed by atoms with Gasteiger partial charge in [-0.2, -0.15) is 0 Å². The molecule has 0 bridgehead atoms. The Kier molecular flexibility index (Phi) is 9.29. The highest BCUT2D eigenvalue weighted by Crippen LogP contribution is 2.25. The summed E-state index contributed by atoms with van der Waals surface area (Å²) in [7, 11) is -9.92. The fourth-order valence-electron chi connectivity index (χ4n) is 5.46. The first kappa shape index (κ1) is 33.5. The van der Waals surface area contributed by atoms with Gasteiger partial charge in [0.2, 0.25) is 0 Å². The summed E-state index contributed by atoms with van der Waals surface area (Å²) in [5.74, 6) is 0.334. The Morgan fingerprint density at radius 2 is 0.898 bits per heavy atom. The summed E-state index contributed by atoms with van der Waals surface area (Å²) in [4.78, 5) is 36.6. The third-order valence-electron chi connectivity index (χ3n) is 7.61. The molecule has 0 aliphatic carbocycles. The van der Waals surface area contributed by atoms with Crippen LogP contribution in [0.3, 0.4) is 0 Å². The molecule has 16 heteroatoms. The summed E-state index contributed by atoms with van der Waals surface area (Å²) in [6.07, 6.45) is 1.66. The second kappa shape index (κ2) is 13.6. The van der Waals surface area contributed by atoms with Crippen molar-refractivity contribution in [3.8, 4) is 34.3 Å². The van der Waals surface area contributed by atoms with Crippen LogP contribution in [-0.4, -0.2) is 45.0 Å². The number of benzene rings is 4. The molecule has 6 aromatic rings. The summed E-state index contributed by atoms with van der Waals surface area (Å²) >= 11 is 0. The summed E-state index contributed by atoms with van der Waals surface area (Å²) in [6.45, 7) is 0.558. The van der Waals surface area contributed by atoms with E-state index in [0.717, 1.165) is 0 Å². The number of para-hydroxylation sites is 2. The van der Waals surface area contributed by atoms with Crippen molar-refractivity contribution in [2.45, 2.75) is 32.4 Å². The van der Waals surface area contributed by atoms with E-state index in [4.69, 9.17) is 9.97 Å². The van der Waals surface area contributed by atoms with Gasteiger partial charge in [-0.1, -0.05) is 24.3 Å². The molecule has 0 atom stereocenters. The minimum Gasteiger partial charge on any atom is -0.716 e. The molecule has 49 heavy (non-hydrogen) atoms. The fraction of sp³-hybridized carbons (Fsp3) is 0.152. The van der Waals surface area contributed by atoms with Gasteiger partial charge in [-0.25, -0.2) is 26.8 Å². The summed E-state index contributed by atoms with van der Waals surface area (Å²) in [5, 5.41) is 0.845. The zero-order valence-electron chi connectivity index (χ0n) is 25.5. The van der Waals surface area contributed by atoms with Crippen molar-refractivity contribution in [1.82, 2.24) is 19.1 Å². The number of hydrogen-bond donors (Lipinski definition) is 0. The Balaban J connectivity index is 1.24. The van der Waals surface area contributed by atoms with Gasteiger partial charge >= 0.3 is 0 Å². The fourth-order valence-corrected chi connectivity index (χ4v) is 6.16. The second-order valence-corrected chi connectivity index (χ2v) is 12.9. The molecule has 252 valence electrons. The maximum atomic E-state index is 13.6. The van der Waals surface area contributed by atoms with Gasteiger partial charge in [0.15, 0.2) is 0 Å². The van der Waals surface area contributed by atoms with Gasteiger partial charge in [-0.05, 0) is 92.1 Å². The Morgan fingerprint density at radius 3 is 1.27 bits per heavy atom. The average molecular weight is 703 g/mol. The normalized spacial score (nSPS) is 12.0. The van der Waals surface area contributed by atoms with Gasteiger partial charge in [0.05, 0.1) is 21.8 Å². The maximum absolute atomic E-state index is 13.6. The van der Waals surface area contributed by atoms with Crippen LogP contribution >= 0.6 is 0 Å². The highest BCUT2D eigenvalue weighted by Gasteiger charge is 2.15. The molecule has 2 heterocycles. The molecule has 6 rings (SSSR count). The SMILES string of the molecule is O=c1c2ccccc2nc(-c2ccc(OS(=O)(=O)[O-])cc2)n1CCCCCn1c(-c2ccc(OS(=O)(=O)[O-])cc2)nc2ccccc2c1=O. The van der Waals surface area contributed by atoms with E-state index in [9.17, 15) is 35.5 Å². The third kappa shape index (κ3) is 7.84. The van der Waals surface area contributed by atoms with E-state index in [2.05, 4.69) is 8.37 Å². The summed E-state index contributed by atoms with van der Waals surface area (Å²) in [5.41, 5.74) is 1.43. The number of fused-ring (bicyclic) bond motifs is 2. The van der Waals surface area contributed by atoms with Crippen LogP contribution in [0.4, 0.5) is 0 Å². The van der Waals surface area contributed by atoms with Gasteiger partial charge in [-0.15, -0.1) is 0 Å². The lowest BCUT2D eigenvalue weighted by Gasteiger charge is -2.16.